The Morgan fingerprint density at radius 1 is 1.08 bits per heavy atom. The molecule has 0 atom stereocenters. The van der Waals surface area contributed by atoms with E-state index in [0.29, 0.717) is 11.4 Å². The van der Waals surface area contributed by atoms with E-state index in [1.165, 1.54) is 10.5 Å². The molecule has 126 valence electrons. The molecule has 24 heavy (non-hydrogen) atoms. The maximum Gasteiger partial charge on any atom is 0.322 e. The number of rotatable bonds is 4. The number of carbonyl (C=O) groups is 1. The fourth-order valence-corrected chi connectivity index (χ4v) is 3.03. The number of hydrogen-bond donors (Lipinski definition) is 2. The minimum atomic E-state index is -0.0572. The molecule has 0 radical (unpaired) electrons. The number of benzene rings is 2. The monoisotopic (exact) mass is 326 g/mol. The second-order valence-corrected chi connectivity index (χ2v) is 6.03. The number of carbonyl (C=O) groups excluding carboxylic acids is 1. The van der Waals surface area contributed by atoms with Crippen LogP contribution in [0.2, 0.25) is 0 Å². The maximum atomic E-state index is 12.5. The third-order valence-corrected chi connectivity index (χ3v) is 4.40. The van der Waals surface area contributed by atoms with Crippen molar-refractivity contribution in [3.63, 3.8) is 0 Å². The molecular formula is C19H24N3O2+. The molecule has 1 aliphatic heterocycles. The average molecular weight is 326 g/mol. The van der Waals surface area contributed by atoms with Gasteiger partial charge in [0.2, 0.25) is 0 Å². The van der Waals surface area contributed by atoms with E-state index in [4.69, 9.17) is 4.74 Å². The summed E-state index contributed by atoms with van der Waals surface area (Å²) in [5.74, 6) is 0.680. The summed E-state index contributed by atoms with van der Waals surface area (Å²) in [4.78, 5) is 15.8. The highest BCUT2D eigenvalue weighted by Crippen LogP contribution is 2.23. The third-order valence-electron chi connectivity index (χ3n) is 4.40. The van der Waals surface area contributed by atoms with Gasteiger partial charge < -0.3 is 19.9 Å². The quantitative estimate of drug-likeness (QED) is 0.897. The molecule has 0 saturated carbocycles. The zero-order valence-corrected chi connectivity index (χ0v) is 14.0. The number of para-hydroxylation sites is 2. The molecule has 1 saturated heterocycles. The van der Waals surface area contributed by atoms with Gasteiger partial charge in [-0.2, -0.15) is 0 Å². The van der Waals surface area contributed by atoms with Gasteiger partial charge in [0.1, 0.15) is 12.3 Å². The summed E-state index contributed by atoms with van der Waals surface area (Å²) in [6.07, 6.45) is 0. The Morgan fingerprint density at radius 3 is 2.46 bits per heavy atom. The van der Waals surface area contributed by atoms with E-state index in [2.05, 4.69) is 29.6 Å². The summed E-state index contributed by atoms with van der Waals surface area (Å²) < 4.78 is 5.28. The number of methoxy groups -OCH3 is 1. The molecule has 0 unspecified atom stereocenters. The van der Waals surface area contributed by atoms with Crippen LogP contribution in [0, 0.1) is 0 Å². The predicted octanol–water partition coefficient (Wildman–Crippen LogP) is 1.63. The van der Waals surface area contributed by atoms with Gasteiger partial charge >= 0.3 is 6.03 Å². The van der Waals surface area contributed by atoms with E-state index in [-0.39, 0.29) is 6.03 Å². The van der Waals surface area contributed by atoms with Gasteiger partial charge in [0.15, 0.2) is 0 Å². The van der Waals surface area contributed by atoms with E-state index >= 15 is 0 Å². The van der Waals surface area contributed by atoms with Crippen LogP contribution in [0.25, 0.3) is 0 Å². The Bertz CT molecular complexity index is 667. The van der Waals surface area contributed by atoms with Gasteiger partial charge in [-0.15, -0.1) is 0 Å². The molecule has 3 rings (SSSR count). The second kappa shape index (κ2) is 7.84. The molecule has 1 aliphatic rings. The van der Waals surface area contributed by atoms with Crippen molar-refractivity contribution in [1.82, 2.24) is 4.90 Å². The van der Waals surface area contributed by atoms with Crippen molar-refractivity contribution in [3.8, 4) is 5.75 Å². The number of nitrogens with one attached hydrogen (secondary N) is 2. The van der Waals surface area contributed by atoms with Crippen molar-refractivity contribution < 1.29 is 14.4 Å². The first kappa shape index (κ1) is 16.3. The van der Waals surface area contributed by atoms with Gasteiger partial charge in [0, 0.05) is 5.56 Å². The van der Waals surface area contributed by atoms with Crippen molar-refractivity contribution in [1.29, 1.82) is 0 Å². The van der Waals surface area contributed by atoms with Gasteiger partial charge in [-0.1, -0.05) is 42.5 Å². The van der Waals surface area contributed by atoms with E-state index in [0.717, 1.165) is 32.7 Å². The minimum absolute atomic E-state index is 0.0572. The summed E-state index contributed by atoms with van der Waals surface area (Å²) in [5.41, 5.74) is 2.06. The van der Waals surface area contributed by atoms with Gasteiger partial charge in [0.05, 0.1) is 39.0 Å². The molecule has 2 N–H and O–H groups in total. The first-order valence-electron chi connectivity index (χ1n) is 8.32. The van der Waals surface area contributed by atoms with Crippen LogP contribution in [0.15, 0.2) is 54.6 Å². The van der Waals surface area contributed by atoms with Crippen molar-refractivity contribution in [2.24, 2.45) is 0 Å². The largest absolute Gasteiger partial charge is 0.495 e. The van der Waals surface area contributed by atoms with Crippen LogP contribution in [-0.2, 0) is 6.54 Å². The second-order valence-electron chi connectivity index (χ2n) is 6.03. The Kier molecular flexibility index (Phi) is 5.33. The van der Waals surface area contributed by atoms with Crippen LogP contribution in [-0.4, -0.2) is 44.2 Å². The molecule has 1 heterocycles. The fraction of sp³-hybridized carbons (Fsp3) is 0.316. The number of hydrogen-bond acceptors (Lipinski definition) is 2. The Morgan fingerprint density at radius 2 is 1.75 bits per heavy atom. The molecule has 2 amide bonds. The number of amides is 2. The molecule has 0 aliphatic carbocycles. The van der Waals surface area contributed by atoms with Gasteiger partial charge in [-0.25, -0.2) is 4.79 Å². The minimum Gasteiger partial charge on any atom is -0.495 e. The molecule has 0 aromatic heterocycles. The average Bonchev–Trinajstić information content (AvgIpc) is 2.63. The van der Waals surface area contributed by atoms with Crippen molar-refractivity contribution >= 4 is 11.7 Å². The Balaban J connectivity index is 1.52. The lowest BCUT2D eigenvalue weighted by molar-refractivity contribution is -0.917. The van der Waals surface area contributed by atoms with Gasteiger partial charge in [-0.3, -0.25) is 0 Å². The lowest BCUT2D eigenvalue weighted by Gasteiger charge is -2.32. The first-order chi connectivity index (χ1) is 11.8. The van der Waals surface area contributed by atoms with Crippen molar-refractivity contribution in [3.05, 3.63) is 60.2 Å². The van der Waals surface area contributed by atoms with Crippen LogP contribution in [0.4, 0.5) is 10.5 Å². The van der Waals surface area contributed by atoms with Gasteiger partial charge in [-0.05, 0) is 12.1 Å². The molecule has 0 bridgehead atoms. The predicted molar refractivity (Wildman–Crippen MR) is 94.4 cm³/mol. The number of quaternary nitrogens is 1. The van der Waals surface area contributed by atoms with Gasteiger partial charge in [0.25, 0.3) is 0 Å². The maximum absolute atomic E-state index is 12.5. The Labute approximate surface area is 142 Å². The summed E-state index contributed by atoms with van der Waals surface area (Å²) in [6, 6.07) is 17.9. The normalized spacial score (nSPS) is 15.1. The highest BCUT2D eigenvalue weighted by atomic mass is 16.5. The number of anilines is 1. The molecule has 0 spiro atoms. The molecule has 5 heteroatoms. The fourth-order valence-electron chi connectivity index (χ4n) is 3.03. The van der Waals surface area contributed by atoms with E-state index < -0.39 is 0 Å². The standard InChI is InChI=1S/C19H23N3O2/c1-24-18-10-6-5-9-17(18)20-19(23)22-13-11-21(12-14-22)15-16-7-3-2-4-8-16/h2-10H,11-15H2,1H3,(H,20,23)/p+1. The highest BCUT2D eigenvalue weighted by molar-refractivity contribution is 5.91. The number of piperazine rings is 1. The van der Waals surface area contributed by atoms with Crippen LogP contribution in [0.3, 0.4) is 0 Å². The molecule has 2 aromatic rings. The Hall–Kier alpha value is -2.53. The third kappa shape index (κ3) is 4.06. The topological polar surface area (TPSA) is 46.0 Å². The first-order valence-corrected chi connectivity index (χ1v) is 8.32. The van der Waals surface area contributed by atoms with Crippen molar-refractivity contribution in [2.75, 3.05) is 38.6 Å². The van der Waals surface area contributed by atoms with Crippen LogP contribution >= 0.6 is 0 Å². The lowest BCUT2D eigenvalue weighted by Crippen LogP contribution is -3.13. The summed E-state index contributed by atoms with van der Waals surface area (Å²) in [7, 11) is 1.61. The zero-order chi connectivity index (χ0) is 16.8. The molecular weight excluding hydrogens is 302 g/mol. The van der Waals surface area contributed by atoms with Crippen LogP contribution in [0.5, 0.6) is 5.75 Å². The van der Waals surface area contributed by atoms with Crippen molar-refractivity contribution in [2.45, 2.75) is 6.54 Å². The van der Waals surface area contributed by atoms with Crippen LogP contribution in [0.1, 0.15) is 5.56 Å². The molecule has 5 nitrogen and oxygen atoms in total. The molecule has 1 fully saturated rings. The zero-order valence-electron chi connectivity index (χ0n) is 14.0. The van der Waals surface area contributed by atoms with E-state index in [9.17, 15) is 4.79 Å². The summed E-state index contributed by atoms with van der Waals surface area (Å²) in [5, 5.41) is 2.95. The number of ether oxygens (including phenoxy) is 1. The number of urea groups is 1. The number of nitrogens with zero attached hydrogens (tertiary/aromatic N) is 1. The smallest absolute Gasteiger partial charge is 0.322 e. The SMILES string of the molecule is COc1ccccc1NC(=O)N1CC[NH+](Cc2ccccc2)CC1. The van der Waals surface area contributed by atoms with E-state index in [1.807, 2.05) is 35.2 Å². The van der Waals surface area contributed by atoms with E-state index in [1.54, 1.807) is 7.11 Å². The summed E-state index contributed by atoms with van der Waals surface area (Å²) >= 11 is 0. The lowest BCUT2D eigenvalue weighted by atomic mass is 10.2. The van der Waals surface area contributed by atoms with Crippen LogP contribution < -0.4 is 15.0 Å². The molecule has 2 aromatic carbocycles. The highest BCUT2D eigenvalue weighted by Gasteiger charge is 2.24. The summed E-state index contributed by atoms with van der Waals surface area (Å²) in [6.45, 7) is 4.48.